The smallest absolute Gasteiger partial charge is 0.0815 e. The van der Waals surface area contributed by atoms with Gasteiger partial charge in [0.25, 0.3) is 0 Å². The molecule has 0 bridgehead atoms. The Morgan fingerprint density at radius 1 is 1.21 bits per heavy atom. The Labute approximate surface area is 88.4 Å². The van der Waals surface area contributed by atoms with Gasteiger partial charge in [-0.1, -0.05) is 48.1 Å². The molecule has 0 saturated heterocycles. The van der Waals surface area contributed by atoms with Gasteiger partial charge in [-0.2, -0.15) is 0 Å². The summed E-state index contributed by atoms with van der Waals surface area (Å²) >= 11 is 0. The maximum absolute atomic E-state index is 5.31. The predicted molar refractivity (Wildman–Crippen MR) is 66.6 cm³/mol. The Morgan fingerprint density at radius 2 is 1.79 bits per heavy atom. The van der Waals surface area contributed by atoms with Gasteiger partial charge in [-0.05, 0) is 13.0 Å². The molecule has 0 nitrogen and oxygen atoms in total. The minimum absolute atomic E-state index is 0.910. The minimum Gasteiger partial charge on any atom is -0.120 e. The van der Waals surface area contributed by atoms with Crippen LogP contribution in [0.1, 0.15) is 12.0 Å². The third kappa shape index (κ3) is 2.75. The first-order chi connectivity index (χ1) is 6.56. The van der Waals surface area contributed by atoms with Crippen molar-refractivity contribution in [1.82, 2.24) is 0 Å². The molecule has 1 aromatic rings. The van der Waals surface area contributed by atoms with Gasteiger partial charge in [-0.25, -0.2) is 0 Å². The molecule has 0 unspecified atom stereocenters. The van der Waals surface area contributed by atoms with E-state index in [4.69, 9.17) is 6.42 Å². The SMILES string of the molecule is C#CCC[Si](C)(C)c1ccc(C)cc1. The first-order valence-electron chi connectivity index (χ1n) is 5.07. The normalized spacial score (nSPS) is 11.0. The highest BCUT2D eigenvalue weighted by Crippen LogP contribution is 2.12. The zero-order valence-electron chi connectivity index (χ0n) is 9.30. The average molecular weight is 202 g/mol. The first kappa shape index (κ1) is 11.1. The van der Waals surface area contributed by atoms with Gasteiger partial charge in [0.15, 0.2) is 0 Å². The van der Waals surface area contributed by atoms with Gasteiger partial charge in [0.2, 0.25) is 0 Å². The van der Waals surface area contributed by atoms with E-state index >= 15 is 0 Å². The molecule has 1 heteroatoms. The van der Waals surface area contributed by atoms with Crippen LogP contribution in [-0.2, 0) is 0 Å². The van der Waals surface area contributed by atoms with Gasteiger partial charge in [-0.3, -0.25) is 0 Å². The lowest BCUT2D eigenvalue weighted by molar-refractivity contribution is 1.21. The van der Waals surface area contributed by atoms with Crippen LogP contribution in [0.3, 0.4) is 0 Å². The molecule has 0 saturated carbocycles. The quantitative estimate of drug-likeness (QED) is 0.522. The molecule has 0 spiro atoms. The highest BCUT2D eigenvalue weighted by atomic mass is 28.3. The van der Waals surface area contributed by atoms with Crippen molar-refractivity contribution in [3.05, 3.63) is 29.8 Å². The molecule has 1 rings (SSSR count). The second-order valence-corrected chi connectivity index (χ2v) is 9.30. The predicted octanol–water partition coefficient (Wildman–Crippen LogP) is 2.93. The molecule has 0 aromatic heterocycles. The molecular formula is C13H18Si. The molecular weight excluding hydrogens is 184 g/mol. The van der Waals surface area contributed by atoms with E-state index in [-0.39, 0.29) is 0 Å². The average Bonchev–Trinajstić information content (AvgIpc) is 2.16. The molecule has 0 amide bonds. The number of hydrogen-bond acceptors (Lipinski definition) is 0. The summed E-state index contributed by atoms with van der Waals surface area (Å²) in [7, 11) is -1.27. The summed E-state index contributed by atoms with van der Waals surface area (Å²) in [5.41, 5.74) is 1.33. The Balaban J connectivity index is 2.82. The Bertz CT molecular complexity index is 327. The van der Waals surface area contributed by atoms with Crippen molar-refractivity contribution in [3.63, 3.8) is 0 Å². The molecule has 1 aromatic carbocycles. The van der Waals surface area contributed by atoms with Crippen molar-refractivity contribution < 1.29 is 0 Å². The summed E-state index contributed by atoms with van der Waals surface area (Å²) in [5.74, 6) is 2.74. The van der Waals surface area contributed by atoms with E-state index in [0.29, 0.717) is 0 Å². The van der Waals surface area contributed by atoms with Crippen LogP contribution >= 0.6 is 0 Å². The molecule has 0 heterocycles. The zero-order chi connectivity index (χ0) is 10.6. The Morgan fingerprint density at radius 3 is 2.29 bits per heavy atom. The van der Waals surface area contributed by atoms with Crippen LogP contribution in [0.4, 0.5) is 0 Å². The van der Waals surface area contributed by atoms with Crippen molar-refractivity contribution in [1.29, 1.82) is 0 Å². The van der Waals surface area contributed by atoms with Crippen molar-refractivity contribution >= 4 is 13.3 Å². The summed E-state index contributed by atoms with van der Waals surface area (Å²) in [4.78, 5) is 0. The number of rotatable bonds is 3. The highest BCUT2D eigenvalue weighted by Gasteiger charge is 2.21. The maximum Gasteiger partial charge on any atom is 0.0815 e. The van der Waals surface area contributed by atoms with Crippen molar-refractivity contribution in [2.45, 2.75) is 32.5 Å². The largest absolute Gasteiger partial charge is 0.120 e. The summed E-state index contributed by atoms with van der Waals surface area (Å²) in [6.07, 6.45) is 6.22. The van der Waals surface area contributed by atoms with Gasteiger partial charge in [0, 0.05) is 6.42 Å². The minimum atomic E-state index is -1.27. The summed E-state index contributed by atoms with van der Waals surface area (Å²) < 4.78 is 0. The fraction of sp³-hybridized carbons (Fsp3) is 0.385. The van der Waals surface area contributed by atoms with Crippen LogP contribution in [0, 0.1) is 19.3 Å². The van der Waals surface area contributed by atoms with E-state index in [0.717, 1.165) is 6.42 Å². The topological polar surface area (TPSA) is 0 Å². The molecule has 0 aliphatic carbocycles. The van der Waals surface area contributed by atoms with Gasteiger partial charge < -0.3 is 0 Å². The Kier molecular flexibility index (Phi) is 3.54. The fourth-order valence-electron chi connectivity index (χ4n) is 1.53. The Hall–Kier alpha value is -1.00. The molecule has 14 heavy (non-hydrogen) atoms. The number of aryl methyl sites for hydroxylation is 1. The maximum atomic E-state index is 5.31. The number of terminal acetylenes is 1. The monoisotopic (exact) mass is 202 g/mol. The third-order valence-corrected chi connectivity index (χ3v) is 6.12. The second kappa shape index (κ2) is 4.48. The van der Waals surface area contributed by atoms with Crippen LogP contribution in [0.5, 0.6) is 0 Å². The number of hydrogen-bond donors (Lipinski definition) is 0. The van der Waals surface area contributed by atoms with E-state index in [1.54, 1.807) is 0 Å². The second-order valence-electron chi connectivity index (χ2n) is 4.45. The third-order valence-electron chi connectivity index (χ3n) is 2.73. The van der Waals surface area contributed by atoms with Crippen LogP contribution < -0.4 is 5.19 Å². The van der Waals surface area contributed by atoms with Crippen molar-refractivity contribution in [2.24, 2.45) is 0 Å². The lowest BCUT2D eigenvalue weighted by Crippen LogP contribution is -2.40. The van der Waals surface area contributed by atoms with Crippen molar-refractivity contribution in [2.75, 3.05) is 0 Å². The molecule has 0 atom stereocenters. The van der Waals surface area contributed by atoms with Crippen LogP contribution in [0.2, 0.25) is 19.1 Å². The number of benzene rings is 1. The molecule has 0 radical (unpaired) electrons. The molecule has 0 aliphatic heterocycles. The molecule has 0 fully saturated rings. The van der Waals surface area contributed by atoms with E-state index in [1.807, 2.05) is 0 Å². The van der Waals surface area contributed by atoms with E-state index in [9.17, 15) is 0 Å². The van der Waals surface area contributed by atoms with Crippen LogP contribution in [0.15, 0.2) is 24.3 Å². The zero-order valence-corrected chi connectivity index (χ0v) is 10.3. The highest BCUT2D eigenvalue weighted by molar-refractivity contribution is 6.89. The van der Waals surface area contributed by atoms with Gasteiger partial charge in [0.1, 0.15) is 0 Å². The standard InChI is InChI=1S/C13H18Si/c1-5-6-11-14(3,4)13-9-7-12(2)8-10-13/h1,7-10H,6,11H2,2-4H3. The molecule has 74 valence electrons. The molecule has 0 aliphatic rings. The van der Waals surface area contributed by atoms with E-state index in [2.05, 4.69) is 50.2 Å². The summed E-state index contributed by atoms with van der Waals surface area (Å²) in [6, 6.07) is 10.1. The van der Waals surface area contributed by atoms with Gasteiger partial charge in [-0.15, -0.1) is 12.3 Å². The fourth-order valence-corrected chi connectivity index (χ4v) is 3.66. The first-order valence-corrected chi connectivity index (χ1v) is 8.27. The summed E-state index contributed by atoms with van der Waals surface area (Å²) in [5, 5.41) is 1.51. The van der Waals surface area contributed by atoms with Gasteiger partial charge in [0.05, 0.1) is 8.07 Å². The van der Waals surface area contributed by atoms with Gasteiger partial charge >= 0.3 is 0 Å². The lowest BCUT2D eigenvalue weighted by Gasteiger charge is -2.21. The molecule has 0 N–H and O–H groups in total. The van der Waals surface area contributed by atoms with Crippen LogP contribution in [-0.4, -0.2) is 8.07 Å². The van der Waals surface area contributed by atoms with E-state index < -0.39 is 8.07 Å². The van der Waals surface area contributed by atoms with Crippen LogP contribution in [0.25, 0.3) is 0 Å². The lowest BCUT2D eigenvalue weighted by atomic mass is 10.2. The van der Waals surface area contributed by atoms with E-state index in [1.165, 1.54) is 16.8 Å². The summed E-state index contributed by atoms with van der Waals surface area (Å²) in [6.45, 7) is 6.89. The van der Waals surface area contributed by atoms with Crippen molar-refractivity contribution in [3.8, 4) is 12.3 Å².